The maximum Gasteiger partial charge on any atom is 0.416 e. The lowest BCUT2D eigenvalue weighted by Gasteiger charge is -2.35. The van der Waals surface area contributed by atoms with Gasteiger partial charge in [-0.05, 0) is 43.2 Å². The summed E-state index contributed by atoms with van der Waals surface area (Å²) < 4.78 is 84.3. The molecule has 2 aromatic carbocycles. The molecule has 5 rings (SSSR count). The van der Waals surface area contributed by atoms with Gasteiger partial charge >= 0.3 is 12.3 Å². The van der Waals surface area contributed by atoms with Crippen LogP contribution in [0.2, 0.25) is 0 Å². The Bertz CT molecular complexity index is 1620. The zero-order chi connectivity index (χ0) is 31.8. The molecule has 44 heavy (non-hydrogen) atoms. The van der Waals surface area contributed by atoms with Gasteiger partial charge in [-0.1, -0.05) is 18.2 Å². The number of carbonyl (C=O) groups is 1. The van der Waals surface area contributed by atoms with Gasteiger partial charge in [-0.2, -0.15) is 13.2 Å². The first kappa shape index (κ1) is 31.8. The van der Waals surface area contributed by atoms with E-state index in [1.807, 2.05) is 0 Å². The number of amides is 1. The molecule has 0 spiro atoms. The van der Waals surface area contributed by atoms with Gasteiger partial charge in [-0.25, -0.2) is 13.6 Å². The van der Waals surface area contributed by atoms with E-state index in [1.54, 1.807) is 18.7 Å². The first-order valence-electron chi connectivity index (χ1n) is 14.2. The second kappa shape index (κ2) is 12.8. The van der Waals surface area contributed by atoms with Crippen LogP contribution in [0, 0.1) is 18.6 Å². The molecular formula is C31H32F5N3O4S. The summed E-state index contributed by atoms with van der Waals surface area (Å²) in [6.07, 6.45) is -5.63. The Morgan fingerprint density at radius 2 is 1.75 bits per heavy atom. The molecule has 236 valence electrons. The van der Waals surface area contributed by atoms with Crippen molar-refractivity contribution >= 4 is 17.9 Å². The summed E-state index contributed by atoms with van der Waals surface area (Å²) in [5.41, 5.74) is -1.58. The van der Waals surface area contributed by atoms with Crippen molar-refractivity contribution in [3.63, 3.8) is 0 Å². The van der Waals surface area contributed by atoms with Gasteiger partial charge in [-0.15, -0.1) is 11.8 Å². The average molecular weight is 638 g/mol. The van der Waals surface area contributed by atoms with Gasteiger partial charge in [0.1, 0.15) is 5.82 Å². The molecule has 1 saturated heterocycles. The Hall–Kier alpha value is -3.58. The minimum absolute atomic E-state index is 0.00956. The fraction of sp³-hybridized carbons (Fsp3) is 0.419. The molecule has 0 bridgehead atoms. The van der Waals surface area contributed by atoms with Crippen molar-refractivity contribution in [3.8, 4) is 16.9 Å². The Morgan fingerprint density at radius 3 is 2.41 bits per heavy atom. The van der Waals surface area contributed by atoms with Gasteiger partial charge < -0.3 is 14.4 Å². The van der Waals surface area contributed by atoms with Crippen molar-refractivity contribution in [2.75, 3.05) is 52.2 Å². The van der Waals surface area contributed by atoms with Crippen LogP contribution in [-0.4, -0.2) is 72.7 Å². The van der Waals surface area contributed by atoms with Crippen LogP contribution in [0.5, 0.6) is 5.75 Å². The Kier molecular flexibility index (Phi) is 9.26. The topological polar surface area (TPSA) is 64.0 Å². The Balaban J connectivity index is 1.60. The zero-order valence-electron chi connectivity index (χ0n) is 24.5. The number of rotatable bonds is 7. The van der Waals surface area contributed by atoms with Gasteiger partial charge in [0.05, 0.1) is 35.9 Å². The molecule has 1 atom stereocenters. The van der Waals surface area contributed by atoms with E-state index in [4.69, 9.17) is 9.47 Å². The standard InChI is InChI=1S/C31H32F5N3O4S/c1-4-43-30(41)38-13-11-37(12-14-38)16-19-17-44-29-21(15-22-23(31(34,35)36)8-6-9-24(22)32)18(2)26(28(40)39(19)29)20-7-5-10-25(42-3)27(20)33/h5-10,19H,4,11-17H2,1-3H3. The number of thioether (sulfide) groups is 1. The zero-order valence-corrected chi connectivity index (χ0v) is 25.3. The number of hydrogen-bond donors (Lipinski definition) is 0. The lowest BCUT2D eigenvalue weighted by Crippen LogP contribution is -2.50. The fourth-order valence-electron chi connectivity index (χ4n) is 5.90. The maximum atomic E-state index is 15.6. The number of methoxy groups -OCH3 is 1. The van der Waals surface area contributed by atoms with Gasteiger partial charge in [0.2, 0.25) is 0 Å². The third kappa shape index (κ3) is 6.03. The highest BCUT2D eigenvalue weighted by molar-refractivity contribution is 7.99. The van der Waals surface area contributed by atoms with E-state index in [0.29, 0.717) is 49.1 Å². The number of alkyl halides is 3. The van der Waals surface area contributed by atoms with E-state index in [2.05, 4.69) is 4.90 Å². The fourth-order valence-corrected chi connectivity index (χ4v) is 7.27. The average Bonchev–Trinajstić information content (AvgIpc) is 3.40. The monoisotopic (exact) mass is 637 g/mol. The van der Waals surface area contributed by atoms with Crippen LogP contribution in [0.1, 0.15) is 35.2 Å². The van der Waals surface area contributed by atoms with Gasteiger partial charge in [0.15, 0.2) is 11.6 Å². The summed E-state index contributed by atoms with van der Waals surface area (Å²) >= 11 is 1.32. The normalized spacial score (nSPS) is 17.1. The van der Waals surface area contributed by atoms with Crippen molar-refractivity contribution in [1.82, 2.24) is 14.4 Å². The number of pyridine rings is 1. The lowest BCUT2D eigenvalue weighted by molar-refractivity contribution is -0.138. The van der Waals surface area contributed by atoms with Gasteiger partial charge in [0.25, 0.3) is 5.56 Å². The quantitative estimate of drug-likeness (QED) is 0.290. The highest BCUT2D eigenvalue weighted by Crippen LogP contribution is 2.42. The Labute approximate surface area is 255 Å². The summed E-state index contributed by atoms with van der Waals surface area (Å²) in [5.74, 6) is -1.45. The molecule has 2 aliphatic heterocycles. The molecule has 0 radical (unpaired) electrons. The second-order valence-corrected chi connectivity index (χ2v) is 11.7. The van der Waals surface area contributed by atoms with E-state index in [0.717, 1.165) is 18.2 Å². The van der Waals surface area contributed by atoms with Crippen LogP contribution in [0.4, 0.5) is 26.7 Å². The van der Waals surface area contributed by atoms with Crippen molar-refractivity contribution < 1.29 is 36.2 Å². The van der Waals surface area contributed by atoms with E-state index < -0.39 is 47.0 Å². The predicted molar refractivity (Wildman–Crippen MR) is 156 cm³/mol. The number of halogens is 5. The third-order valence-corrected chi connectivity index (χ3v) is 9.38. The molecule has 0 N–H and O–H groups in total. The number of aromatic nitrogens is 1. The third-order valence-electron chi connectivity index (χ3n) is 8.11. The highest BCUT2D eigenvalue weighted by atomic mass is 32.2. The van der Waals surface area contributed by atoms with Crippen LogP contribution < -0.4 is 10.3 Å². The van der Waals surface area contributed by atoms with Crippen molar-refractivity contribution in [1.29, 1.82) is 0 Å². The lowest BCUT2D eigenvalue weighted by atomic mass is 9.92. The number of fused-ring (bicyclic) bond motifs is 1. The summed E-state index contributed by atoms with van der Waals surface area (Å²) in [7, 11) is 1.29. The van der Waals surface area contributed by atoms with Crippen LogP contribution in [0.15, 0.2) is 46.2 Å². The molecule has 0 aliphatic carbocycles. The van der Waals surface area contributed by atoms with Crippen LogP contribution in [-0.2, 0) is 17.3 Å². The molecule has 7 nitrogen and oxygen atoms in total. The SMILES string of the molecule is CCOC(=O)N1CCN(CC2CSc3c(Cc4c(F)cccc4C(F)(F)F)c(C)c(-c4cccc(OC)c4F)c(=O)n32)CC1. The van der Waals surface area contributed by atoms with E-state index in [9.17, 15) is 22.8 Å². The maximum absolute atomic E-state index is 15.6. The molecule has 0 saturated carbocycles. The van der Waals surface area contributed by atoms with Gasteiger partial charge in [0, 0.05) is 56.0 Å². The molecular weight excluding hydrogens is 605 g/mol. The number of hydrogen-bond acceptors (Lipinski definition) is 6. The Morgan fingerprint density at radius 1 is 1.05 bits per heavy atom. The first-order valence-corrected chi connectivity index (χ1v) is 15.2. The predicted octanol–water partition coefficient (Wildman–Crippen LogP) is 6.14. The molecule has 1 fully saturated rings. The second-order valence-electron chi connectivity index (χ2n) is 10.7. The van der Waals surface area contributed by atoms with Crippen molar-refractivity contribution in [3.05, 3.63) is 80.6 Å². The summed E-state index contributed by atoms with van der Waals surface area (Å²) in [4.78, 5) is 30.0. The minimum Gasteiger partial charge on any atom is -0.494 e. The van der Waals surface area contributed by atoms with E-state index in [-0.39, 0.29) is 35.1 Å². The van der Waals surface area contributed by atoms with Crippen molar-refractivity contribution in [2.45, 2.75) is 37.5 Å². The van der Waals surface area contributed by atoms with Crippen LogP contribution in [0.25, 0.3) is 11.1 Å². The van der Waals surface area contributed by atoms with Crippen molar-refractivity contribution in [2.24, 2.45) is 0 Å². The molecule has 3 aromatic rings. The molecule has 1 unspecified atom stereocenters. The molecule has 13 heteroatoms. The minimum atomic E-state index is -4.80. The number of carbonyl (C=O) groups excluding carboxylic acids is 1. The smallest absolute Gasteiger partial charge is 0.416 e. The van der Waals surface area contributed by atoms with Crippen LogP contribution in [0.3, 0.4) is 0 Å². The highest BCUT2D eigenvalue weighted by Gasteiger charge is 2.37. The summed E-state index contributed by atoms with van der Waals surface area (Å²) in [5, 5.41) is 0.436. The number of benzene rings is 2. The number of nitrogens with zero attached hydrogens (tertiary/aromatic N) is 3. The van der Waals surface area contributed by atoms with E-state index in [1.165, 1.54) is 41.6 Å². The van der Waals surface area contributed by atoms with Gasteiger partial charge in [-0.3, -0.25) is 14.3 Å². The number of piperazine rings is 1. The van der Waals surface area contributed by atoms with E-state index >= 15 is 8.78 Å². The number of ether oxygens (including phenoxy) is 2. The largest absolute Gasteiger partial charge is 0.494 e. The van der Waals surface area contributed by atoms with Crippen LogP contribution >= 0.6 is 11.8 Å². The summed E-state index contributed by atoms with van der Waals surface area (Å²) in [6.45, 7) is 5.93. The summed E-state index contributed by atoms with van der Waals surface area (Å²) in [6, 6.07) is 6.78. The molecule has 3 heterocycles. The molecule has 1 aromatic heterocycles. The molecule has 1 amide bonds. The molecule has 2 aliphatic rings. The first-order chi connectivity index (χ1) is 21.0.